The van der Waals surface area contributed by atoms with Crippen LogP contribution < -0.4 is 14.8 Å². The molecular weight excluding hydrogens is 362 g/mol. The first-order chi connectivity index (χ1) is 13.5. The molecule has 0 saturated heterocycles. The Labute approximate surface area is 163 Å². The molecule has 0 unspecified atom stereocenters. The van der Waals surface area contributed by atoms with Gasteiger partial charge in [0, 0.05) is 11.3 Å². The normalized spacial score (nSPS) is 10.1. The Morgan fingerprint density at radius 3 is 2.14 bits per heavy atom. The molecule has 0 aliphatic heterocycles. The highest BCUT2D eigenvalue weighted by Crippen LogP contribution is 2.26. The Morgan fingerprint density at radius 1 is 0.893 bits per heavy atom. The summed E-state index contributed by atoms with van der Waals surface area (Å²) in [6, 6.07) is 13.4. The Morgan fingerprint density at radius 2 is 1.54 bits per heavy atom. The van der Waals surface area contributed by atoms with Crippen molar-refractivity contribution in [1.82, 2.24) is 0 Å². The second-order valence-electron chi connectivity index (χ2n) is 5.93. The predicted octanol–water partition coefficient (Wildman–Crippen LogP) is 3.24. The number of carbonyl (C=O) groups excluding carboxylic acids is 3. The van der Waals surface area contributed by atoms with E-state index in [2.05, 4.69) is 5.32 Å². The molecule has 1 amide bonds. The molecule has 0 bridgehead atoms. The number of rotatable bonds is 10. The van der Waals surface area contributed by atoms with Crippen LogP contribution in [0.1, 0.15) is 30.6 Å². The molecule has 0 aromatic heterocycles. The van der Waals surface area contributed by atoms with Crippen molar-refractivity contribution in [2.24, 2.45) is 0 Å². The molecule has 0 fully saturated rings. The quantitative estimate of drug-likeness (QED) is 0.499. The van der Waals surface area contributed by atoms with Gasteiger partial charge >= 0.3 is 5.97 Å². The summed E-state index contributed by atoms with van der Waals surface area (Å²) in [6.07, 6.45) is 0.850. The molecule has 1 N–H and O–H groups in total. The van der Waals surface area contributed by atoms with Gasteiger partial charge < -0.3 is 19.5 Å². The monoisotopic (exact) mass is 385 g/mol. The Balaban J connectivity index is 1.76. The van der Waals surface area contributed by atoms with Crippen molar-refractivity contribution in [2.45, 2.75) is 20.3 Å². The van der Waals surface area contributed by atoms with E-state index in [9.17, 15) is 14.4 Å². The molecule has 0 radical (unpaired) electrons. The number of esters is 1. The summed E-state index contributed by atoms with van der Waals surface area (Å²) in [6.45, 7) is 3.21. The van der Waals surface area contributed by atoms with Gasteiger partial charge in [-0.15, -0.1) is 0 Å². The van der Waals surface area contributed by atoms with E-state index >= 15 is 0 Å². The molecular formula is C21H23NO6. The third-order valence-corrected chi connectivity index (χ3v) is 3.60. The summed E-state index contributed by atoms with van der Waals surface area (Å²) < 4.78 is 15.9. The average molecular weight is 385 g/mol. The molecule has 7 heteroatoms. The van der Waals surface area contributed by atoms with Crippen LogP contribution in [0.3, 0.4) is 0 Å². The van der Waals surface area contributed by atoms with Crippen LogP contribution in [0.25, 0.3) is 0 Å². The first kappa shape index (κ1) is 21.0. The number of anilines is 1. The zero-order valence-corrected chi connectivity index (χ0v) is 15.9. The van der Waals surface area contributed by atoms with Crippen molar-refractivity contribution < 1.29 is 28.6 Å². The van der Waals surface area contributed by atoms with E-state index in [0.29, 0.717) is 29.4 Å². The van der Waals surface area contributed by atoms with Gasteiger partial charge in [0.25, 0.3) is 5.91 Å². The summed E-state index contributed by atoms with van der Waals surface area (Å²) in [5, 5.41) is 2.58. The first-order valence-electron chi connectivity index (χ1n) is 8.90. The van der Waals surface area contributed by atoms with Crippen LogP contribution >= 0.6 is 0 Å². The van der Waals surface area contributed by atoms with Gasteiger partial charge in [0.05, 0.1) is 6.61 Å². The average Bonchev–Trinajstić information content (AvgIpc) is 2.70. The second kappa shape index (κ2) is 10.7. The van der Waals surface area contributed by atoms with Gasteiger partial charge in [-0.25, -0.2) is 4.79 Å². The van der Waals surface area contributed by atoms with Gasteiger partial charge in [-0.3, -0.25) is 9.59 Å². The zero-order valence-electron chi connectivity index (χ0n) is 15.9. The van der Waals surface area contributed by atoms with Crippen LogP contribution in [0.2, 0.25) is 0 Å². The minimum absolute atomic E-state index is 0.0616. The number of ketones is 1. The minimum Gasteiger partial charge on any atom is -0.490 e. The number of hydrogen-bond donors (Lipinski definition) is 1. The molecule has 0 atom stereocenters. The van der Waals surface area contributed by atoms with E-state index in [1.165, 1.54) is 6.92 Å². The highest BCUT2D eigenvalue weighted by atomic mass is 16.6. The lowest BCUT2D eigenvalue weighted by atomic mass is 10.1. The summed E-state index contributed by atoms with van der Waals surface area (Å²) in [7, 11) is 0. The fourth-order valence-corrected chi connectivity index (χ4v) is 2.21. The SMILES string of the molecule is CCCOc1ccccc1OCC(=O)OCC(=O)Nc1ccc(C(C)=O)cc1. The van der Waals surface area contributed by atoms with Crippen molar-refractivity contribution in [3.8, 4) is 11.5 Å². The van der Waals surface area contributed by atoms with Crippen LogP contribution in [0, 0.1) is 0 Å². The molecule has 0 saturated carbocycles. The number of nitrogens with one attached hydrogen (secondary N) is 1. The fraction of sp³-hybridized carbons (Fsp3) is 0.286. The lowest BCUT2D eigenvalue weighted by Gasteiger charge is -2.12. The summed E-state index contributed by atoms with van der Waals surface area (Å²) in [4.78, 5) is 34.9. The highest BCUT2D eigenvalue weighted by molar-refractivity contribution is 5.96. The Bertz CT molecular complexity index is 816. The van der Waals surface area contributed by atoms with Gasteiger partial charge in [0.1, 0.15) is 0 Å². The predicted molar refractivity (Wildman–Crippen MR) is 104 cm³/mol. The molecule has 2 aromatic rings. The topological polar surface area (TPSA) is 90.9 Å². The molecule has 0 aliphatic carbocycles. The van der Waals surface area contributed by atoms with E-state index < -0.39 is 18.5 Å². The number of para-hydroxylation sites is 2. The Kier molecular flexibility index (Phi) is 8.02. The second-order valence-corrected chi connectivity index (χ2v) is 5.93. The van der Waals surface area contributed by atoms with Gasteiger partial charge in [-0.2, -0.15) is 0 Å². The number of carbonyl (C=O) groups is 3. The van der Waals surface area contributed by atoms with E-state index in [1.807, 2.05) is 13.0 Å². The molecule has 2 aromatic carbocycles. The van der Waals surface area contributed by atoms with Gasteiger partial charge in [-0.05, 0) is 49.7 Å². The standard InChI is InChI=1S/C21H23NO6/c1-3-12-26-18-6-4-5-7-19(18)27-14-21(25)28-13-20(24)22-17-10-8-16(9-11-17)15(2)23/h4-11H,3,12-14H2,1-2H3,(H,22,24). The third kappa shape index (κ3) is 6.75. The lowest BCUT2D eigenvalue weighted by Crippen LogP contribution is -2.23. The van der Waals surface area contributed by atoms with Crippen LogP contribution in [0.15, 0.2) is 48.5 Å². The van der Waals surface area contributed by atoms with Crippen molar-refractivity contribution in [3.05, 3.63) is 54.1 Å². The van der Waals surface area contributed by atoms with E-state index in [0.717, 1.165) is 6.42 Å². The fourth-order valence-electron chi connectivity index (χ4n) is 2.21. The lowest BCUT2D eigenvalue weighted by molar-refractivity contribution is -0.149. The molecule has 28 heavy (non-hydrogen) atoms. The molecule has 7 nitrogen and oxygen atoms in total. The van der Waals surface area contributed by atoms with Crippen LogP contribution in [-0.2, 0) is 14.3 Å². The van der Waals surface area contributed by atoms with Crippen LogP contribution in [-0.4, -0.2) is 37.5 Å². The molecule has 0 aliphatic rings. The third-order valence-electron chi connectivity index (χ3n) is 3.60. The van der Waals surface area contributed by atoms with E-state index in [-0.39, 0.29) is 12.4 Å². The number of Topliss-reactive ketones (excluding diaryl/α,β-unsaturated/α-hetero) is 1. The molecule has 0 spiro atoms. The largest absolute Gasteiger partial charge is 0.490 e. The molecule has 0 heterocycles. The van der Waals surface area contributed by atoms with Gasteiger partial charge in [0.2, 0.25) is 0 Å². The van der Waals surface area contributed by atoms with E-state index in [1.54, 1.807) is 42.5 Å². The van der Waals surface area contributed by atoms with Gasteiger partial charge in [-0.1, -0.05) is 19.1 Å². The minimum atomic E-state index is -0.674. The maximum Gasteiger partial charge on any atom is 0.344 e. The Hall–Kier alpha value is -3.35. The highest BCUT2D eigenvalue weighted by Gasteiger charge is 2.11. The number of ether oxygens (including phenoxy) is 3. The van der Waals surface area contributed by atoms with Crippen LogP contribution in [0.5, 0.6) is 11.5 Å². The molecule has 2 rings (SSSR count). The summed E-state index contributed by atoms with van der Waals surface area (Å²) in [5.41, 5.74) is 1.05. The first-order valence-corrected chi connectivity index (χ1v) is 8.90. The van der Waals surface area contributed by atoms with Crippen LogP contribution in [0.4, 0.5) is 5.69 Å². The van der Waals surface area contributed by atoms with Crippen molar-refractivity contribution in [1.29, 1.82) is 0 Å². The maximum absolute atomic E-state index is 11.9. The summed E-state index contributed by atoms with van der Waals surface area (Å²) in [5.74, 6) is -0.247. The number of amides is 1. The number of benzene rings is 2. The summed E-state index contributed by atoms with van der Waals surface area (Å²) >= 11 is 0. The molecule has 148 valence electrons. The van der Waals surface area contributed by atoms with Crippen molar-refractivity contribution >= 4 is 23.3 Å². The van der Waals surface area contributed by atoms with Gasteiger partial charge in [0.15, 0.2) is 30.5 Å². The smallest absolute Gasteiger partial charge is 0.344 e. The maximum atomic E-state index is 11.9. The van der Waals surface area contributed by atoms with E-state index in [4.69, 9.17) is 14.2 Å². The number of hydrogen-bond acceptors (Lipinski definition) is 6. The van der Waals surface area contributed by atoms with Crippen molar-refractivity contribution in [2.75, 3.05) is 25.1 Å². The zero-order chi connectivity index (χ0) is 20.4. The van der Waals surface area contributed by atoms with Crippen molar-refractivity contribution in [3.63, 3.8) is 0 Å².